The summed E-state index contributed by atoms with van der Waals surface area (Å²) in [6, 6.07) is 7.36. The predicted molar refractivity (Wildman–Crippen MR) is 87.5 cm³/mol. The van der Waals surface area contributed by atoms with Crippen molar-refractivity contribution in [2.75, 3.05) is 19.8 Å². The molecular weight excluding hydrogens is 308 g/mol. The molecule has 1 saturated carbocycles. The fraction of sp³-hybridized carbons (Fsp3) is 0.529. The van der Waals surface area contributed by atoms with Gasteiger partial charge in [-0.3, -0.25) is 9.59 Å². The Hall–Kier alpha value is -2.28. The second kappa shape index (κ2) is 6.32. The highest BCUT2D eigenvalue weighted by molar-refractivity contribution is 5.78. The molecule has 126 valence electrons. The van der Waals surface area contributed by atoms with Crippen molar-refractivity contribution in [1.82, 2.24) is 19.9 Å². The zero-order chi connectivity index (χ0) is 16.5. The van der Waals surface area contributed by atoms with E-state index < -0.39 is 0 Å². The first-order chi connectivity index (χ1) is 11.7. The molecule has 7 nitrogen and oxygen atoms in total. The molecule has 1 atom stereocenters. The zero-order valence-electron chi connectivity index (χ0n) is 13.4. The van der Waals surface area contributed by atoms with E-state index in [2.05, 4.69) is 10.3 Å². The van der Waals surface area contributed by atoms with Crippen molar-refractivity contribution < 1.29 is 9.53 Å². The van der Waals surface area contributed by atoms with Crippen LogP contribution < -0.4 is 5.56 Å². The Morgan fingerprint density at radius 1 is 1.29 bits per heavy atom. The summed E-state index contributed by atoms with van der Waals surface area (Å²) in [5.74, 6) is 0.338. The van der Waals surface area contributed by atoms with Gasteiger partial charge in [0.25, 0.3) is 5.56 Å². The number of aromatic nitrogens is 3. The van der Waals surface area contributed by atoms with E-state index in [1.807, 2.05) is 11.0 Å². The SMILES string of the molecule is O=C(Cn1nnc2ccccc2c1=O)N(CC1CCOC1)C1CC1. The highest BCUT2D eigenvalue weighted by Gasteiger charge is 2.35. The average Bonchev–Trinajstić information content (AvgIpc) is 3.31. The molecule has 24 heavy (non-hydrogen) atoms. The molecular formula is C17H20N4O3. The molecule has 1 aromatic heterocycles. The van der Waals surface area contributed by atoms with Gasteiger partial charge in [-0.25, -0.2) is 4.68 Å². The van der Waals surface area contributed by atoms with Gasteiger partial charge in [-0.15, -0.1) is 5.10 Å². The minimum absolute atomic E-state index is 0.0548. The Bertz CT molecular complexity index is 809. The van der Waals surface area contributed by atoms with Gasteiger partial charge in [0.1, 0.15) is 12.1 Å². The molecule has 1 aromatic carbocycles. The number of fused-ring (bicyclic) bond motifs is 1. The van der Waals surface area contributed by atoms with Crippen molar-refractivity contribution in [1.29, 1.82) is 0 Å². The van der Waals surface area contributed by atoms with Crippen LogP contribution in [-0.4, -0.2) is 51.6 Å². The molecule has 1 aliphatic carbocycles. The van der Waals surface area contributed by atoms with Crippen LogP contribution in [0.15, 0.2) is 29.1 Å². The lowest BCUT2D eigenvalue weighted by Gasteiger charge is -2.25. The average molecular weight is 328 g/mol. The van der Waals surface area contributed by atoms with Crippen LogP contribution in [-0.2, 0) is 16.1 Å². The zero-order valence-corrected chi connectivity index (χ0v) is 13.4. The van der Waals surface area contributed by atoms with Crippen LogP contribution in [0.5, 0.6) is 0 Å². The lowest BCUT2D eigenvalue weighted by Crippen LogP contribution is -2.41. The second-order valence-electron chi connectivity index (χ2n) is 6.58. The quantitative estimate of drug-likeness (QED) is 0.812. The number of hydrogen-bond acceptors (Lipinski definition) is 5. The summed E-state index contributed by atoms with van der Waals surface area (Å²) in [5.41, 5.74) is 0.280. The summed E-state index contributed by atoms with van der Waals surface area (Å²) in [5, 5.41) is 8.45. The molecule has 0 bridgehead atoms. The third-order valence-corrected chi connectivity index (χ3v) is 4.70. The Morgan fingerprint density at radius 3 is 2.88 bits per heavy atom. The van der Waals surface area contributed by atoms with E-state index in [9.17, 15) is 9.59 Å². The molecule has 4 rings (SSSR count). The Balaban J connectivity index is 1.53. The number of carbonyl (C=O) groups excluding carboxylic acids is 1. The molecule has 0 radical (unpaired) electrons. The predicted octanol–water partition coefficient (Wildman–Crippen LogP) is 0.819. The Labute approximate surface area is 139 Å². The van der Waals surface area contributed by atoms with Gasteiger partial charge in [0.2, 0.25) is 5.91 Å². The maximum atomic E-state index is 12.7. The van der Waals surface area contributed by atoms with Crippen molar-refractivity contribution >= 4 is 16.8 Å². The van der Waals surface area contributed by atoms with Crippen LogP contribution in [0.3, 0.4) is 0 Å². The maximum absolute atomic E-state index is 12.7. The topological polar surface area (TPSA) is 77.3 Å². The third kappa shape index (κ3) is 3.03. The van der Waals surface area contributed by atoms with Gasteiger partial charge in [-0.1, -0.05) is 17.3 Å². The van der Waals surface area contributed by atoms with Crippen LogP contribution >= 0.6 is 0 Å². The standard InChI is InChI=1S/C17H20N4O3/c22-16(20(13-5-6-13)9-12-7-8-24-11-12)10-21-17(23)14-3-1-2-4-15(14)18-19-21/h1-4,12-13H,5-11H2. The first kappa shape index (κ1) is 15.3. The van der Waals surface area contributed by atoms with Gasteiger partial charge < -0.3 is 9.64 Å². The van der Waals surface area contributed by atoms with Crippen LogP contribution in [0.4, 0.5) is 0 Å². The van der Waals surface area contributed by atoms with E-state index in [0.717, 1.165) is 25.9 Å². The van der Waals surface area contributed by atoms with E-state index >= 15 is 0 Å². The van der Waals surface area contributed by atoms with Gasteiger partial charge in [-0.05, 0) is 31.4 Å². The summed E-state index contributed by atoms with van der Waals surface area (Å²) >= 11 is 0. The van der Waals surface area contributed by atoms with Gasteiger partial charge in [0, 0.05) is 25.1 Å². The van der Waals surface area contributed by atoms with Crippen LogP contribution in [0.2, 0.25) is 0 Å². The Morgan fingerprint density at radius 2 is 2.12 bits per heavy atom. The number of amides is 1. The second-order valence-corrected chi connectivity index (χ2v) is 6.58. The minimum Gasteiger partial charge on any atom is -0.381 e. The van der Waals surface area contributed by atoms with Crippen LogP contribution in [0.1, 0.15) is 19.3 Å². The van der Waals surface area contributed by atoms with E-state index in [4.69, 9.17) is 4.74 Å². The highest BCUT2D eigenvalue weighted by Crippen LogP contribution is 2.29. The first-order valence-corrected chi connectivity index (χ1v) is 8.42. The fourth-order valence-corrected chi connectivity index (χ4v) is 3.19. The molecule has 2 aliphatic rings. The van der Waals surface area contributed by atoms with Gasteiger partial charge >= 0.3 is 0 Å². The Kier molecular flexibility index (Phi) is 4.02. The number of hydrogen-bond donors (Lipinski definition) is 0. The van der Waals surface area contributed by atoms with Crippen molar-refractivity contribution in [3.63, 3.8) is 0 Å². The van der Waals surface area contributed by atoms with Crippen molar-refractivity contribution in [2.45, 2.75) is 31.8 Å². The third-order valence-electron chi connectivity index (χ3n) is 4.70. The molecule has 0 spiro atoms. The largest absolute Gasteiger partial charge is 0.381 e. The molecule has 2 fully saturated rings. The van der Waals surface area contributed by atoms with Gasteiger partial charge in [-0.2, -0.15) is 0 Å². The van der Waals surface area contributed by atoms with Crippen LogP contribution in [0, 0.1) is 5.92 Å². The summed E-state index contributed by atoms with van der Waals surface area (Å²) in [4.78, 5) is 27.1. The molecule has 7 heteroatoms. The monoisotopic (exact) mass is 328 g/mol. The number of ether oxygens (including phenoxy) is 1. The molecule has 1 unspecified atom stereocenters. The van der Waals surface area contributed by atoms with E-state index in [-0.39, 0.29) is 18.0 Å². The smallest absolute Gasteiger partial charge is 0.278 e. The van der Waals surface area contributed by atoms with Gasteiger partial charge in [0.15, 0.2) is 0 Å². The molecule has 0 N–H and O–H groups in total. The van der Waals surface area contributed by atoms with E-state index in [0.29, 0.717) is 36.0 Å². The molecule has 2 aromatic rings. The molecule has 1 amide bonds. The summed E-state index contributed by atoms with van der Waals surface area (Å²) in [6.45, 7) is 2.14. The van der Waals surface area contributed by atoms with Crippen LogP contribution in [0.25, 0.3) is 10.9 Å². The molecule has 2 heterocycles. The van der Waals surface area contributed by atoms with Gasteiger partial charge in [0.05, 0.1) is 12.0 Å². The highest BCUT2D eigenvalue weighted by atomic mass is 16.5. The lowest BCUT2D eigenvalue weighted by molar-refractivity contribution is -0.133. The first-order valence-electron chi connectivity index (χ1n) is 8.42. The normalized spacial score (nSPS) is 20.4. The number of benzene rings is 1. The number of carbonyl (C=O) groups is 1. The molecule has 1 aliphatic heterocycles. The van der Waals surface area contributed by atoms with Crippen molar-refractivity contribution in [3.05, 3.63) is 34.6 Å². The van der Waals surface area contributed by atoms with Crippen molar-refractivity contribution in [2.24, 2.45) is 5.92 Å². The fourth-order valence-electron chi connectivity index (χ4n) is 3.19. The van der Waals surface area contributed by atoms with E-state index in [1.165, 1.54) is 4.68 Å². The minimum atomic E-state index is -0.270. The molecule has 1 saturated heterocycles. The van der Waals surface area contributed by atoms with E-state index in [1.54, 1.807) is 18.2 Å². The maximum Gasteiger partial charge on any atom is 0.278 e. The lowest BCUT2D eigenvalue weighted by atomic mass is 10.1. The summed E-state index contributed by atoms with van der Waals surface area (Å²) < 4.78 is 6.58. The summed E-state index contributed by atoms with van der Waals surface area (Å²) in [7, 11) is 0. The summed E-state index contributed by atoms with van der Waals surface area (Å²) in [6.07, 6.45) is 3.07. The number of nitrogens with zero attached hydrogens (tertiary/aromatic N) is 4. The van der Waals surface area contributed by atoms with Crippen molar-refractivity contribution in [3.8, 4) is 0 Å². The number of rotatable bonds is 5.